The standard InChI is InChI=1S/C15H20N2S/c1-17(13-5-3-12(11-16)4-6-13)14-7-9-15(18-2)10-8-14/h7-10,12-13H,3-6H2,1-2H3. The van der Waals surface area contributed by atoms with E-state index in [0.717, 1.165) is 25.7 Å². The Labute approximate surface area is 114 Å². The maximum atomic E-state index is 8.92. The molecule has 0 unspecified atom stereocenters. The van der Waals surface area contributed by atoms with Crippen molar-refractivity contribution in [3.05, 3.63) is 24.3 Å². The van der Waals surface area contributed by atoms with Gasteiger partial charge in [-0.15, -0.1) is 11.8 Å². The minimum Gasteiger partial charge on any atom is -0.372 e. The van der Waals surface area contributed by atoms with E-state index in [-0.39, 0.29) is 5.92 Å². The van der Waals surface area contributed by atoms with Crippen molar-refractivity contribution >= 4 is 17.4 Å². The molecule has 2 nitrogen and oxygen atoms in total. The van der Waals surface area contributed by atoms with Crippen LogP contribution in [0.5, 0.6) is 0 Å². The van der Waals surface area contributed by atoms with Crippen LogP contribution in [0.1, 0.15) is 25.7 Å². The molecular weight excluding hydrogens is 240 g/mol. The molecule has 0 radical (unpaired) electrons. The summed E-state index contributed by atoms with van der Waals surface area (Å²) in [6.07, 6.45) is 6.47. The second-order valence-corrected chi connectivity index (χ2v) is 5.82. The Hall–Kier alpha value is -1.14. The molecule has 1 saturated carbocycles. The lowest BCUT2D eigenvalue weighted by molar-refractivity contribution is 0.372. The van der Waals surface area contributed by atoms with E-state index >= 15 is 0 Å². The summed E-state index contributed by atoms with van der Waals surface area (Å²) in [5.74, 6) is 0.286. The van der Waals surface area contributed by atoms with Crippen LogP contribution in [0, 0.1) is 17.2 Å². The Kier molecular flexibility index (Phi) is 4.54. The van der Waals surface area contributed by atoms with Gasteiger partial charge in [-0.2, -0.15) is 5.26 Å². The molecule has 1 aliphatic rings. The second kappa shape index (κ2) is 6.15. The van der Waals surface area contributed by atoms with Crippen LogP contribution in [0.2, 0.25) is 0 Å². The summed E-state index contributed by atoms with van der Waals surface area (Å²) >= 11 is 1.77. The van der Waals surface area contributed by atoms with Crippen LogP contribution in [0.3, 0.4) is 0 Å². The van der Waals surface area contributed by atoms with Crippen molar-refractivity contribution in [2.45, 2.75) is 36.6 Å². The minimum absolute atomic E-state index is 0.286. The van der Waals surface area contributed by atoms with Gasteiger partial charge in [-0.25, -0.2) is 0 Å². The maximum absolute atomic E-state index is 8.92. The lowest BCUT2D eigenvalue weighted by Crippen LogP contribution is -2.34. The molecule has 1 aliphatic carbocycles. The molecule has 0 amide bonds. The van der Waals surface area contributed by atoms with Gasteiger partial charge in [-0.05, 0) is 56.2 Å². The fourth-order valence-electron chi connectivity index (χ4n) is 2.62. The molecule has 2 rings (SSSR count). The highest BCUT2D eigenvalue weighted by Gasteiger charge is 2.23. The van der Waals surface area contributed by atoms with Crippen LogP contribution in [0.4, 0.5) is 5.69 Å². The number of hydrogen-bond donors (Lipinski definition) is 0. The smallest absolute Gasteiger partial charge is 0.0655 e. The summed E-state index contributed by atoms with van der Waals surface area (Å²) in [5.41, 5.74) is 1.29. The summed E-state index contributed by atoms with van der Waals surface area (Å²) in [5, 5.41) is 8.92. The van der Waals surface area contributed by atoms with E-state index in [2.05, 4.69) is 48.5 Å². The van der Waals surface area contributed by atoms with Gasteiger partial charge in [-0.3, -0.25) is 0 Å². The molecule has 3 heteroatoms. The number of rotatable bonds is 3. The molecule has 1 aromatic rings. The van der Waals surface area contributed by atoms with Crippen molar-refractivity contribution < 1.29 is 0 Å². The normalized spacial score (nSPS) is 23.4. The molecule has 1 aromatic carbocycles. The molecule has 0 atom stereocenters. The fourth-order valence-corrected chi connectivity index (χ4v) is 3.03. The largest absolute Gasteiger partial charge is 0.372 e. The van der Waals surface area contributed by atoms with Crippen molar-refractivity contribution in [3.8, 4) is 6.07 Å². The molecule has 0 saturated heterocycles. The van der Waals surface area contributed by atoms with E-state index < -0.39 is 0 Å². The number of benzene rings is 1. The lowest BCUT2D eigenvalue weighted by Gasteiger charge is -2.34. The highest BCUT2D eigenvalue weighted by Crippen LogP contribution is 2.30. The predicted octanol–water partition coefficient (Wildman–Crippen LogP) is 3.93. The highest BCUT2D eigenvalue weighted by molar-refractivity contribution is 7.98. The summed E-state index contributed by atoms with van der Waals surface area (Å²) < 4.78 is 0. The Morgan fingerprint density at radius 2 is 1.78 bits per heavy atom. The number of anilines is 1. The first-order valence-corrected chi connectivity index (χ1v) is 7.73. The topological polar surface area (TPSA) is 27.0 Å². The third-order valence-corrected chi connectivity index (χ3v) is 4.65. The van der Waals surface area contributed by atoms with E-state index in [4.69, 9.17) is 5.26 Å². The molecule has 0 aliphatic heterocycles. The van der Waals surface area contributed by atoms with Gasteiger partial charge in [0.15, 0.2) is 0 Å². The number of thioether (sulfide) groups is 1. The van der Waals surface area contributed by atoms with Crippen molar-refractivity contribution in [1.82, 2.24) is 0 Å². The first-order chi connectivity index (χ1) is 8.74. The quantitative estimate of drug-likeness (QED) is 0.771. The zero-order chi connectivity index (χ0) is 13.0. The van der Waals surface area contributed by atoms with Crippen LogP contribution in [-0.2, 0) is 0 Å². The zero-order valence-electron chi connectivity index (χ0n) is 11.1. The van der Waals surface area contributed by atoms with Crippen LogP contribution < -0.4 is 4.90 Å². The summed E-state index contributed by atoms with van der Waals surface area (Å²) in [6.45, 7) is 0. The summed E-state index contributed by atoms with van der Waals surface area (Å²) in [4.78, 5) is 3.68. The van der Waals surface area contributed by atoms with Crippen LogP contribution in [-0.4, -0.2) is 19.3 Å². The lowest BCUT2D eigenvalue weighted by atomic mass is 9.86. The van der Waals surface area contributed by atoms with Crippen molar-refractivity contribution in [2.75, 3.05) is 18.2 Å². The van der Waals surface area contributed by atoms with Gasteiger partial charge in [0, 0.05) is 29.6 Å². The van der Waals surface area contributed by atoms with E-state index in [0.29, 0.717) is 6.04 Å². The minimum atomic E-state index is 0.286. The molecule has 0 aromatic heterocycles. The van der Waals surface area contributed by atoms with E-state index in [9.17, 15) is 0 Å². The highest BCUT2D eigenvalue weighted by atomic mass is 32.2. The predicted molar refractivity (Wildman–Crippen MR) is 78.0 cm³/mol. The SMILES string of the molecule is CSc1ccc(N(C)C2CCC(C#N)CC2)cc1. The zero-order valence-corrected chi connectivity index (χ0v) is 11.9. The number of nitriles is 1. The third-order valence-electron chi connectivity index (χ3n) is 3.91. The Balaban J connectivity index is 1.98. The molecule has 96 valence electrons. The first kappa shape index (κ1) is 13.3. The van der Waals surface area contributed by atoms with E-state index in [1.807, 2.05) is 0 Å². The van der Waals surface area contributed by atoms with Crippen LogP contribution in [0.15, 0.2) is 29.2 Å². The maximum Gasteiger partial charge on any atom is 0.0655 e. The first-order valence-electron chi connectivity index (χ1n) is 6.51. The fraction of sp³-hybridized carbons (Fsp3) is 0.533. The van der Waals surface area contributed by atoms with E-state index in [1.165, 1.54) is 10.6 Å². The Morgan fingerprint density at radius 1 is 1.17 bits per heavy atom. The molecular formula is C15H20N2S. The van der Waals surface area contributed by atoms with Crippen molar-refractivity contribution in [2.24, 2.45) is 5.92 Å². The van der Waals surface area contributed by atoms with Crippen molar-refractivity contribution in [1.29, 1.82) is 5.26 Å². The molecule has 1 fully saturated rings. The van der Waals surface area contributed by atoms with Crippen LogP contribution in [0.25, 0.3) is 0 Å². The Bertz CT molecular complexity index is 413. The molecule has 18 heavy (non-hydrogen) atoms. The van der Waals surface area contributed by atoms with E-state index in [1.54, 1.807) is 11.8 Å². The Morgan fingerprint density at radius 3 is 2.28 bits per heavy atom. The van der Waals surface area contributed by atoms with Gasteiger partial charge < -0.3 is 4.90 Å². The van der Waals surface area contributed by atoms with Gasteiger partial charge in [-0.1, -0.05) is 0 Å². The summed E-state index contributed by atoms with van der Waals surface area (Å²) in [7, 11) is 2.17. The second-order valence-electron chi connectivity index (χ2n) is 4.94. The molecule has 0 spiro atoms. The van der Waals surface area contributed by atoms with Gasteiger partial charge in [0.1, 0.15) is 0 Å². The third kappa shape index (κ3) is 3.00. The van der Waals surface area contributed by atoms with Crippen LogP contribution >= 0.6 is 11.8 Å². The average molecular weight is 260 g/mol. The van der Waals surface area contributed by atoms with Gasteiger partial charge >= 0.3 is 0 Å². The van der Waals surface area contributed by atoms with Gasteiger partial charge in [0.2, 0.25) is 0 Å². The van der Waals surface area contributed by atoms with Gasteiger partial charge in [0.25, 0.3) is 0 Å². The molecule has 0 heterocycles. The summed E-state index contributed by atoms with van der Waals surface area (Å²) in [6, 6.07) is 11.7. The molecule has 0 N–H and O–H groups in total. The monoisotopic (exact) mass is 260 g/mol. The van der Waals surface area contributed by atoms with Crippen molar-refractivity contribution in [3.63, 3.8) is 0 Å². The van der Waals surface area contributed by atoms with Gasteiger partial charge in [0.05, 0.1) is 6.07 Å². The number of nitrogens with zero attached hydrogens (tertiary/aromatic N) is 2. The number of hydrogen-bond acceptors (Lipinski definition) is 3. The molecule has 0 bridgehead atoms. The average Bonchev–Trinajstić information content (AvgIpc) is 2.47.